The quantitative estimate of drug-likeness (QED) is 0.769. The minimum absolute atomic E-state index is 0.0671. The monoisotopic (exact) mass is 380 g/mol. The number of sulfonamides is 1. The lowest BCUT2D eigenvalue weighted by atomic mass is 9.78. The van der Waals surface area contributed by atoms with Crippen LogP contribution in [0.1, 0.15) is 50.4 Å². The maximum Gasteiger partial charge on any atom is 0.243 e. The normalized spacial score (nSPS) is 23.7. The summed E-state index contributed by atoms with van der Waals surface area (Å²) in [7, 11) is -2.39. The van der Waals surface area contributed by atoms with E-state index in [2.05, 4.69) is 19.2 Å². The van der Waals surface area contributed by atoms with Gasteiger partial charge in [0.1, 0.15) is 0 Å². The number of hydrogen-bond acceptors (Lipinski definition) is 4. The van der Waals surface area contributed by atoms with Crippen molar-refractivity contribution in [1.29, 1.82) is 0 Å². The van der Waals surface area contributed by atoms with E-state index in [1.54, 1.807) is 0 Å². The van der Waals surface area contributed by atoms with E-state index >= 15 is 0 Å². The summed E-state index contributed by atoms with van der Waals surface area (Å²) in [6, 6.07) is 5.84. The van der Waals surface area contributed by atoms with Crippen molar-refractivity contribution in [2.75, 3.05) is 13.6 Å². The third-order valence-electron chi connectivity index (χ3n) is 5.39. The van der Waals surface area contributed by atoms with Gasteiger partial charge in [-0.15, -0.1) is 0 Å². The van der Waals surface area contributed by atoms with Gasteiger partial charge < -0.3 is 5.32 Å². The van der Waals surface area contributed by atoms with Crippen LogP contribution in [0.2, 0.25) is 0 Å². The second-order valence-corrected chi connectivity index (χ2v) is 9.33. The molecule has 2 rings (SSSR count). The molecule has 0 aromatic heterocycles. The van der Waals surface area contributed by atoms with Crippen LogP contribution in [-0.4, -0.2) is 44.0 Å². The summed E-state index contributed by atoms with van der Waals surface area (Å²) in [6.45, 7) is 5.51. The van der Waals surface area contributed by atoms with Gasteiger partial charge in [-0.2, -0.15) is 4.31 Å². The summed E-state index contributed by atoms with van der Waals surface area (Å²) < 4.78 is 26.3. The van der Waals surface area contributed by atoms with Crippen molar-refractivity contribution in [2.24, 2.45) is 11.8 Å². The number of amides is 1. The average Bonchev–Trinajstić information content (AvgIpc) is 2.59. The molecule has 0 heterocycles. The topological polar surface area (TPSA) is 83.6 Å². The second-order valence-electron chi connectivity index (χ2n) is 7.28. The summed E-state index contributed by atoms with van der Waals surface area (Å²) in [4.78, 5) is 23.7. The van der Waals surface area contributed by atoms with Crippen LogP contribution in [0.4, 0.5) is 0 Å². The molecule has 26 heavy (non-hydrogen) atoms. The van der Waals surface area contributed by atoms with Crippen LogP contribution in [0.5, 0.6) is 0 Å². The van der Waals surface area contributed by atoms with E-state index in [0.717, 1.165) is 23.6 Å². The minimum Gasteiger partial charge on any atom is -0.352 e. The zero-order valence-corrected chi connectivity index (χ0v) is 16.7. The molecule has 1 saturated carbocycles. The largest absolute Gasteiger partial charge is 0.352 e. The fourth-order valence-corrected chi connectivity index (χ4v) is 4.49. The Morgan fingerprint density at radius 3 is 2.35 bits per heavy atom. The zero-order chi connectivity index (χ0) is 19.5. The molecule has 0 aliphatic heterocycles. The van der Waals surface area contributed by atoms with E-state index in [1.807, 2.05) is 0 Å². The Labute approximate surface area is 156 Å². The number of Topliss-reactive ketones (excluding diaryl/α,β-unsaturated/α-hetero) is 1. The van der Waals surface area contributed by atoms with Gasteiger partial charge in [-0.3, -0.25) is 9.59 Å². The van der Waals surface area contributed by atoms with Crippen molar-refractivity contribution in [3.63, 3.8) is 0 Å². The van der Waals surface area contributed by atoms with Crippen LogP contribution < -0.4 is 5.32 Å². The Morgan fingerprint density at radius 1 is 1.15 bits per heavy atom. The van der Waals surface area contributed by atoms with E-state index in [9.17, 15) is 18.0 Å². The van der Waals surface area contributed by atoms with E-state index in [0.29, 0.717) is 17.4 Å². The molecular formula is C19H28N2O4S. The smallest absolute Gasteiger partial charge is 0.243 e. The van der Waals surface area contributed by atoms with Gasteiger partial charge in [0, 0.05) is 18.7 Å². The van der Waals surface area contributed by atoms with Gasteiger partial charge in [-0.1, -0.05) is 38.8 Å². The molecule has 1 N–H and O–H groups in total. The molecular weight excluding hydrogens is 352 g/mol. The number of rotatable bonds is 6. The number of ketones is 1. The molecule has 3 atom stereocenters. The molecule has 6 nitrogen and oxygen atoms in total. The lowest BCUT2D eigenvalue weighted by molar-refractivity contribution is -0.122. The number of carbonyl (C=O) groups excluding carboxylic acids is 2. The Bertz CT molecular complexity index is 758. The van der Waals surface area contributed by atoms with Crippen molar-refractivity contribution in [1.82, 2.24) is 9.62 Å². The Balaban J connectivity index is 2.01. The number of hydrogen-bond donors (Lipinski definition) is 1. The number of benzene rings is 1. The standard InChI is InChI=1S/C19H28N2O4S/c1-13-6-5-7-18(14(13)2)20-19(23)12-21(4)26(24,25)17-10-8-16(9-11-17)15(3)22/h8-11,13-14,18H,5-7,12H2,1-4H3,(H,20,23). The van der Waals surface area contributed by atoms with Crippen LogP contribution in [-0.2, 0) is 14.8 Å². The Kier molecular flexibility index (Phi) is 6.58. The molecule has 0 radical (unpaired) electrons. The third kappa shape index (κ3) is 4.71. The molecule has 1 aromatic carbocycles. The van der Waals surface area contributed by atoms with Gasteiger partial charge in [0.05, 0.1) is 11.4 Å². The summed E-state index contributed by atoms with van der Waals surface area (Å²) in [5.41, 5.74) is 0.449. The van der Waals surface area contributed by atoms with Crippen molar-refractivity contribution in [3.8, 4) is 0 Å². The molecule has 0 spiro atoms. The van der Waals surface area contributed by atoms with Crippen molar-refractivity contribution >= 4 is 21.7 Å². The molecule has 144 valence electrons. The van der Waals surface area contributed by atoms with E-state index in [-0.39, 0.29) is 29.2 Å². The van der Waals surface area contributed by atoms with Crippen LogP contribution in [0.25, 0.3) is 0 Å². The molecule has 1 aliphatic carbocycles. The summed E-state index contributed by atoms with van der Waals surface area (Å²) in [6.07, 6.45) is 3.17. The summed E-state index contributed by atoms with van der Waals surface area (Å²) in [5, 5.41) is 2.99. The second kappa shape index (κ2) is 8.31. The van der Waals surface area contributed by atoms with Crippen molar-refractivity contribution < 1.29 is 18.0 Å². The van der Waals surface area contributed by atoms with E-state index in [4.69, 9.17) is 0 Å². The van der Waals surface area contributed by atoms with Gasteiger partial charge in [0.2, 0.25) is 15.9 Å². The SMILES string of the molecule is CC(=O)c1ccc(S(=O)(=O)N(C)CC(=O)NC2CCCC(C)C2C)cc1. The fraction of sp³-hybridized carbons (Fsp3) is 0.579. The first kappa shape index (κ1) is 20.6. The summed E-state index contributed by atoms with van der Waals surface area (Å²) in [5.74, 6) is 0.518. The molecule has 1 aromatic rings. The number of nitrogens with one attached hydrogen (secondary N) is 1. The van der Waals surface area contributed by atoms with Crippen molar-refractivity contribution in [2.45, 2.75) is 51.0 Å². The van der Waals surface area contributed by atoms with E-state index < -0.39 is 10.0 Å². The highest BCUT2D eigenvalue weighted by Gasteiger charge is 2.29. The van der Waals surface area contributed by atoms with Crippen LogP contribution >= 0.6 is 0 Å². The minimum atomic E-state index is -3.78. The van der Waals surface area contributed by atoms with Gasteiger partial charge in [0.25, 0.3) is 0 Å². The predicted molar refractivity (Wildman–Crippen MR) is 100 cm³/mol. The Hall–Kier alpha value is -1.73. The van der Waals surface area contributed by atoms with Gasteiger partial charge in [-0.25, -0.2) is 8.42 Å². The maximum atomic E-state index is 12.6. The third-order valence-corrected chi connectivity index (χ3v) is 7.21. The molecule has 0 bridgehead atoms. The number of likely N-dealkylation sites (N-methyl/N-ethyl adjacent to an activating group) is 1. The highest BCUT2D eigenvalue weighted by Crippen LogP contribution is 2.29. The van der Waals surface area contributed by atoms with Crippen LogP contribution in [0.3, 0.4) is 0 Å². The molecule has 1 fully saturated rings. The van der Waals surface area contributed by atoms with E-state index in [1.165, 1.54) is 38.2 Å². The zero-order valence-electron chi connectivity index (χ0n) is 15.9. The lowest BCUT2D eigenvalue weighted by Gasteiger charge is -2.34. The maximum absolute atomic E-state index is 12.6. The van der Waals surface area contributed by atoms with Crippen LogP contribution in [0, 0.1) is 11.8 Å². The molecule has 7 heteroatoms. The highest BCUT2D eigenvalue weighted by molar-refractivity contribution is 7.89. The molecule has 0 saturated heterocycles. The summed E-state index contributed by atoms with van der Waals surface area (Å²) >= 11 is 0. The molecule has 1 amide bonds. The van der Waals surface area contributed by atoms with Gasteiger partial charge in [0.15, 0.2) is 5.78 Å². The first-order valence-corrected chi connectivity index (χ1v) is 10.4. The number of carbonyl (C=O) groups is 2. The Morgan fingerprint density at radius 2 is 1.77 bits per heavy atom. The predicted octanol–water partition coefficient (Wildman–Crippen LogP) is 2.45. The molecule has 1 aliphatic rings. The van der Waals surface area contributed by atoms with Gasteiger partial charge >= 0.3 is 0 Å². The lowest BCUT2D eigenvalue weighted by Crippen LogP contribution is -2.47. The van der Waals surface area contributed by atoms with Gasteiger partial charge in [-0.05, 0) is 37.3 Å². The molecule has 3 unspecified atom stereocenters. The number of nitrogens with zero attached hydrogens (tertiary/aromatic N) is 1. The average molecular weight is 381 g/mol. The fourth-order valence-electron chi connectivity index (χ4n) is 3.37. The van der Waals surface area contributed by atoms with Crippen LogP contribution in [0.15, 0.2) is 29.2 Å². The highest BCUT2D eigenvalue weighted by atomic mass is 32.2. The van der Waals surface area contributed by atoms with Crippen molar-refractivity contribution in [3.05, 3.63) is 29.8 Å². The first-order chi connectivity index (χ1) is 12.1. The first-order valence-electron chi connectivity index (χ1n) is 8.99.